The molecule has 0 N–H and O–H groups in total. The van der Waals surface area contributed by atoms with Gasteiger partial charge in [-0.1, -0.05) is 0 Å². The van der Waals surface area contributed by atoms with Gasteiger partial charge in [0.15, 0.2) is 0 Å². The Balaban J connectivity index is 1.48. The second-order valence-corrected chi connectivity index (χ2v) is 7.39. The van der Waals surface area contributed by atoms with Crippen molar-refractivity contribution in [3.8, 4) is 5.88 Å². The molecule has 0 bridgehead atoms. The minimum Gasteiger partial charge on any atom is -0.480 e. The quantitative estimate of drug-likeness (QED) is 0.824. The Morgan fingerprint density at radius 1 is 1.22 bits per heavy atom. The van der Waals surface area contributed by atoms with Gasteiger partial charge in [-0.3, -0.25) is 4.79 Å². The summed E-state index contributed by atoms with van der Waals surface area (Å²) >= 11 is 0. The van der Waals surface area contributed by atoms with Crippen LogP contribution in [0.1, 0.15) is 40.0 Å². The van der Waals surface area contributed by atoms with Crippen LogP contribution >= 0.6 is 0 Å². The van der Waals surface area contributed by atoms with Crippen molar-refractivity contribution in [3.05, 3.63) is 58.3 Å². The van der Waals surface area contributed by atoms with Gasteiger partial charge >= 0.3 is 0 Å². The number of hydrogen-bond donors (Lipinski definition) is 0. The Hall–Kier alpha value is -2.50. The van der Waals surface area contributed by atoms with Crippen molar-refractivity contribution in [1.29, 1.82) is 0 Å². The first-order valence-electron chi connectivity index (χ1n) is 9.34. The second-order valence-electron chi connectivity index (χ2n) is 7.39. The lowest BCUT2D eigenvalue weighted by Crippen LogP contribution is -2.29. The molecule has 2 heterocycles. The largest absolute Gasteiger partial charge is 0.480 e. The number of amides is 1. The van der Waals surface area contributed by atoms with E-state index in [0.29, 0.717) is 36.5 Å². The lowest BCUT2D eigenvalue weighted by molar-refractivity contribution is 0.0782. The van der Waals surface area contributed by atoms with E-state index in [1.807, 2.05) is 6.07 Å². The van der Waals surface area contributed by atoms with Gasteiger partial charge in [0.05, 0.1) is 7.11 Å². The Morgan fingerprint density at radius 3 is 2.74 bits per heavy atom. The van der Waals surface area contributed by atoms with Crippen LogP contribution in [-0.4, -0.2) is 36.0 Å². The lowest BCUT2D eigenvalue weighted by atomic mass is 9.98. The number of carbonyl (C=O) groups is 1. The fourth-order valence-corrected chi connectivity index (χ4v) is 4.18. The number of halogens is 2. The van der Waals surface area contributed by atoms with E-state index in [0.717, 1.165) is 43.0 Å². The molecular weight excluding hydrogens is 350 g/mol. The van der Waals surface area contributed by atoms with Crippen LogP contribution in [0.3, 0.4) is 0 Å². The number of likely N-dealkylation sites (tertiary alicyclic amines) is 1. The van der Waals surface area contributed by atoms with Gasteiger partial charge in [0.2, 0.25) is 5.88 Å². The molecule has 1 saturated heterocycles. The topological polar surface area (TPSA) is 42.4 Å². The number of nitrogens with zero attached hydrogens (tertiary/aromatic N) is 2. The first-order valence-corrected chi connectivity index (χ1v) is 9.34. The summed E-state index contributed by atoms with van der Waals surface area (Å²) in [5.41, 5.74) is 3.29. The maximum Gasteiger partial charge on any atom is 0.259 e. The summed E-state index contributed by atoms with van der Waals surface area (Å²) in [6.45, 7) is 1.19. The van der Waals surface area contributed by atoms with Gasteiger partial charge in [0, 0.05) is 24.8 Å². The Kier molecular flexibility index (Phi) is 4.81. The number of carbonyl (C=O) groups excluding carboxylic acids is 1. The zero-order valence-corrected chi connectivity index (χ0v) is 15.3. The molecule has 0 saturated carbocycles. The fraction of sp³-hybridized carbons (Fsp3) is 0.429. The van der Waals surface area contributed by atoms with E-state index in [1.54, 1.807) is 4.90 Å². The van der Waals surface area contributed by atoms with Crippen molar-refractivity contribution >= 4 is 5.91 Å². The number of hydrogen-bond acceptors (Lipinski definition) is 3. The van der Waals surface area contributed by atoms with Crippen LogP contribution < -0.4 is 4.74 Å². The maximum absolute atomic E-state index is 13.4. The van der Waals surface area contributed by atoms with Gasteiger partial charge < -0.3 is 9.64 Å². The van der Waals surface area contributed by atoms with Gasteiger partial charge in [0.25, 0.3) is 5.91 Å². The molecule has 4 rings (SSSR count). The minimum absolute atomic E-state index is 0.0815. The van der Waals surface area contributed by atoms with E-state index < -0.39 is 11.6 Å². The minimum atomic E-state index is -0.565. The molecule has 2 aliphatic rings. The first kappa shape index (κ1) is 17.9. The molecule has 6 heteroatoms. The maximum atomic E-state index is 13.4. The highest BCUT2D eigenvalue weighted by Crippen LogP contribution is 2.29. The molecule has 1 unspecified atom stereocenters. The van der Waals surface area contributed by atoms with Crippen LogP contribution in [-0.2, 0) is 19.3 Å². The second kappa shape index (κ2) is 7.25. The third kappa shape index (κ3) is 3.66. The van der Waals surface area contributed by atoms with Crippen molar-refractivity contribution in [2.75, 3.05) is 20.2 Å². The number of benzene rings is 1. The number of rotatable bonds is 4. The molecular formula is C21H22F2N2O2. The standard InChI is InChI=1S/C21H22F2N2O2/c1-27-20-18(10-15-3-2-4-19(15)24-20)21(26)25-6-5-13(12-25)7-14-8-16(22)11-17(23)9-14/h8-11,13H,2-7,12H2,1H3. The highest BCUT2D eigenvalue weighted by Gasteiger charge is 2.30. The number of ether oxygens (including phenoxy) is 1. The number of fused-ring (bicyclic) bond motifs is 1. The SMILES string of the molecule is COc1nc2c(cc1C(=O)N1CCC(Cc3cc(F)cc(F)c3)C1)CCC2. The number of methoxy groups -OCH3 is 1. The van der Waals surface area contributed by atoms with Crippen molar-refractivity contribution in [3.63, 3.8) is 0 Å². The average Bonchev–Trinajstić information content (AvgIpc) is 3.27. The Bertz CT molecular complexity index is 864. The van der Waals surface area contributed by atoms with Gasteiger partial charge in [-0.15, -0.1) is 0 Å². The van der Waals surface area contributed by atoms with Crippen LogP contribution in [0.25, 0.3) is 0 Å². The van der Waals surface area contributed by atoms with E-state index in [9.17, 15) is 13.6 Å². The zero-order valence-electron chi connectivity index (χ0n) is 15.3. The van der Waals surface area contributed by atoms with Gasteiger partial charge in [-0.2, -0.15) is 0 Å². The average molecular weight is 372 g/mol. The summed E-state index contributed by atoms with van der Waals surface area (Å²) in [5.74, 6) is -0.642. The van der Waals surface area contributed by atoms with Gasteiger partial charge in [0.1, 0.15) is 17.2 Å². The molecule has 2 aromatic rings. The predicted molar refractivity (Wildman–Crippen MR) is 96.9 cm³/mol. The van der Waals surface area contributed by atoms with Gasteiger partial charge in [-0.05, 0) is 67.3 Å². The van der Waals surface area contributed by atoms with Crippen LogP contribution in [0.4, 0.5) is 8.78 Å². The van der Waals surface area contributed by atoms with E-state index in [4.69, 9.17) is 4.74 Å². The monoisotopic (exact) mass is 372 g/mol. The highest BCUT2D eigenvalue weighted by atomic mass is 19.1. The molecule has 0 radical (unpaired) electrons. The molecule has 1 aromatic heterocycles. The van der Waals surface area contributed by atoms with E-state index in [1.165, 1.54) is 19.2 Å². The van der Waals surface area contributed by atoms with Crippen molar-refractivity contribution in [2.45, 2.75) is 32.1 Å². The van der Waals surface area contributed by atoms with Crippen LogP contribution in [0, 0.1) is 17.6 Å². The van der Waals surface area contributed by atoms with Crippen LogP contribution in [0.15, 0.2) is 24.3 Å². The molecule has 1 aliphatic heterocycles. The van der Waals surface area contributed by atoms with Gasteiger partial charge in [-0.25, -0.2) is 13.8 Å². The number of pyridine rings is 1. The third-order valence-corrected chi connectivity index (χ3v) is 5.46. The molecule has 1 fully saturated rings. The van der Waals surface area contributed by atoms with E-state index >= 15 is 0 Å². The lowest BCUT2D eigenvalue weighted by Gasteiger charge is -2.18. The van der Waals surface area contributed by atoms with Crippen LogP contribution in [0.5, 0.6) is 5.88 Å². The fourth-order valence-electron chi connectivity index (χ4n) is 4.18. The van der Waals surface area contributed by atoms with E-state index in [-0.39, 0.29) is 11.8 Å². The predicted octanol–water partition coefficient (Wildman–Crippen LogP) is 3.56. The summed E-state index contributed by atoms with van der Waals surface area (Å²) in [4.78, 5) is 19.3. The summed E-state index contributed by atoms with van der Waals surface area (Å²) < 4.78 is 32.1. The molecule has 1 amide bonds. The molecule has 142 valence electrons. The smallest absolute Gasteiger partial charge is 0.259 e. The first-order chi connectivity index (χ1) is 13.0. The molecule has 0 spiro atoms. The van der Waals surface area contributed by atoms with Crippen molar-refractivity contribution in [1.82, 2.24) is 9.88 Å². The normalized spacial score (nSPS) is 18.6. The number of aryl methyl sites for hydroxylation is 2. The molecule has 27 heavy (non-hydrogen) atoms. The summed E-state index contributed by atoms with van der Waals surface area (Å²) in [6.07, 6.45) is 4.29. The van der Waals surface area contributed by atoms with Crippen LogP contribution in [0.2, 0.25) is 0 Å². The third-order valence-electron chi connectivity index (χ3n) is 5.46. The zero-order chi connectivity index (χ0) is 19.0. The summed E-state index contributed by atoms with van der Waals surface area (Å²) in [7, 11) is 1.53. The molecule has 1 aromatic carbocycles. The highest BCUT2D eigenvalue weighted by molar-refractivity contribution is 5.96. The summed E-state index contributed by atoms with van der Waals surface area (Å²) in [5, 5.41) is 0. The van der Waals surface area contributed by atoms with Crippen molar-refractivity contribution < 1.29 is 18.3 Å². The Morgan fingerprint density at radius 2 is 2.00 bits per heavy atom. The molecule has 1 aliphatic carbocycles. The number of aromatic nitrogens is 1. The summed E-state index contributed by atoms with van der Waals surface area (Å²) in [6, 6.07) is 5.52. The van der Waals surface area contributed by atoms with Crippen molar-refractivity contribution in [2.24, 2.45) is 5.92 Å². The molecule has 4 nitrogen and oxygen atoms in total. The molecule has 1 atom stereocenters. The Labute approximate surface area is 157 Å². The van der Waals surface area contributed by atoms with E-state index in [2.05, 4.69) is 4.98 Å².